The maximum absolute atomic E-state index is 13.6. The summed E-state index contributed by atoms with van der Waals surface area (Å²) in [5.41, 5.74) is 3.55. The number of amides is 1. The van der Waals surface area contributed by atoms with Gasteiger partial charge in [-0.25, -0.2) is 4.99 Å². The van der Waals surface area contributed by atoms with Crippen LogP contribution in [-0.4, -0.2) is 18.7 Å². The molecule has 1 heterocycles. The van der Waals surface area contributed by atoms with Crippen molar-refractivity contribution < 1.29 is 9.53 Å². The molecule has 0 radical (unpaired) electrons. The lowest BCUT2D eigenvalue weighted by Crippen LogP contribution is -2.27. The van der Waals surface area contributed by atoms with Crippen LogP contribution in [0.2, 0.25) is 5.02 Å². The molecule has 1 atom stereocenters. The highest BCUT2D eigenvalue weighted by Crippen LogP contribution is 2.45. The molecular weight excluding hydrogens is 624 g/mol. The molecule has 4 rings (SSSR count). The summed E-state index contributed by atoms with van der Waals surface area (Å²) in [4.78, 5) is 19.7. The first-order valence-electron chi connectivity index (χ1n) is 11.9. The van der Waals surface area contributed by atoms with E-state index in [1.807, 2.05) is 31.2 Å². The minimum Gasteiger partial charge on any atom is -0.492 e. The summed E-state index contributed by atoms with van der Waals surface area (Å²) >= 11 is 14.8. The molecule has 0 bridgehead atoms. The topological polar surface area (TPSA) is 50.7 Å². The van der Waals surface area contributed by atoms with Crippen molar-refractivity contribution >= 4 is 77.6 Å². The van der Waals surface area contributed by atoms with Gasteiger partial charge in [0.2, 0.25) is 0 Å². The molecule has 4 nitrogen and oxygen atoms in total. The zero-order chi connectivity index (χ0) is 26.0. The molecule has 36 heavy (non-hydrogen) atoms. The molecule has 1 aromatic heterocycles. The second kappa shape index (κ2) is 11.4. The summed E-state index contributed by atoms with van der Waals surface area (Å²) in [5, 5.41) is 4.40. The van der Waals surface area contributed by atoms with E-state index in [-0.39, 0.29) is 11.3 Å². The molecule has 0 fully saturated rings. The van der Waals surface area contributed by atoms with Crippen LogP contribution in [0.5, 0.6) is 5.75 Å². The molecule has 190 valence electrons. The monoisotopic (exact) mass is 650 g/mol. The van der Waals surface area contributed by atoms with Gasteiger partial charge in [0.05, 0.1) is 16.6 Å². The van der Waals surface area contributed by atoms with E-state index in [0.717, 1.165) is 50.1 Å². The standard InChI is InChI=1S/C28H29Br2ClN2O2S/c1-5-35-25-16(12-18(29)14-22(25)30)15-32-27-24(26(34)33-20-9-7-19(31)8-10-20)21-11-6-17(28(2,3)4)13-23(21)36-27/h7-10,12,14-15,17H,5-6,11,13H2,1-4H3,(H,33,34)/t17-/m1/s1. The fraction of sp³-hybridized carbons (Fsp3) is 0.357. The smallest absolute Gasteiger partial charge is 0.259 e. The van der Waals surface area contributed by atoms with Gasteiger partial charge in [-0.15, -0.1) is 11.3 Å². The number of anilines is 1. The highest BCUT2D eigenvalue weighted by atomic mass is 79.9. The van der Waals surface area contributed by atoms with Gasteiger partial charge < -0.3 is 10.1 Å². The number of ether oxygens (including phenoxy) is 1. The van der Waals surface area contributed by atoms with E-state index in [1.165, 1.54) is 4.88 Å². The Morgan fingerprint density at radius 3 is 2.64 bits per heavy atom. The van der Waals surface area contributed by atoms with E-state index in [4.69, 9.17) is 21.3 Å². The van der Waals surface area contributed by atoms with E-state index in [1.54, 1.807) is 29.7 Å². The third-order valence-corrected chi connectivity index (χ3v) is 8.91. The Morgan fingerprint density at radius 2 is 1.97 bits per heavy atom. The van der Waals surface area contributed by atoms with E-state index in [0.29, 0.717) is 28.8 Å². The molecule has 1 aliphatic rings. The molecule has 0 unspecified atom stereocenters. The van der Waals surface area contributed by atoms with Gasteiger partial charge in [0.25, 0.3) is 5.91 Å². The first kappa shape index (κ1) is 27.4. The number of aliphatic imine (C=N–C) groups is 1. The number of nitrogens with one attached hydrogen (secondary N) is 1. The van der Waals surface area contributed by atoms with Crippen molar-refractivity contribution in [2.75, 3.05) is 11.9 Å². The van der Waals surface area contributed by atoms with Crippen LogP contribution in [0.15, 0.2) is 50.3 Å². The normalized spacial score (nSPS) is 15.7. The van der Waals surface area contributed by atoms with Crippen molar-refractivity contribution in [1.82, 2.24) is 0 Å². The van der Waals surface area contributed by atoms with Gasteiger partial charge in [-0.1, -0.05) is 48.3 Å². The van der Waals surface area contributed by atoms with Crippen molar-refractivity contribution in [3.05, 3.63) is 71.9 Å². The van der Waals surface area contributed by atoms with Crippen molar-refractivity contribution in [3.8, 4) is 5.75 Å². The highest BCUT2D eigenvalue weighted by Gasteiger charge is 2.33. The fourth-order valence-electron chi connectivity index (χ4n) is 4.46. The van der Waals surface area contributed by atoms with Crippen LogP contribution < -0.4 is 10.1 Å². The molecule has 3 aromatic rings. The lowest BCUT2D eigenvalue weighted by atomic mass is 9.72. The molecule has 0 spiro atoms. The van der Waals surface area contributed by atoms with Gasteiger partial charge in [-0.3, -0.25) is 4.79 Å². The van der Waals surface area contributed by atoms with E-state index in [9.17, 15) is 4.79 Å². The lowest BCUT2D eigenvalue weighted by molar-refractivity contribution is 0.102. The number of carbonyl (C=O) groups excluding carboxylic acids is 1. The molecule has 2 aromatic carbocycles. The van der Waals surface area contributed by atoms with Crippen LogP contribution in [0.25, 0.3) is 0 Å². The number of benzene rings is 2. The molecule has 0 saturated heterocycles. The Kier molecular flexibility index (Phi) is 8.65. The van der Waals surface area contributed by atoms with Crippen LogP contribution in [-0.2, 0) is 12.8 Å². The van der Waals surface area contributed by atoms with Gasteiger partial charge in [0.15, 0.2) is 0 Å². The van der Waals surface area contributed by atoms with E-state index in [2.05, 4.69) is 57.9 Å². The summed E-state index contributed by atoms with van der Waals surface area (Å²) in [6, 6.07) is 11.1. The number of thiophene rings is 1. The number of hydrogen-bond donors (Lipinski definition) is 1. The average molecular weight is 653 g/mol. The van der Waals surface area contributed by atoms with E-state index < -0.39 is 0 Å². The lowest BCUT2D eigenvalue weighted by Gasteiger charge is -2.33. The number of fused-ring (bicyclic) bond motifs is 1. The molecule has 1 aliphatic carbocycles. The molecule has 1 amide bonds. The van der Waals surface area contributed by atoms with Crippen LogP contribution in [0.1, 0.15) is 60.5 Å². The van der Waals surface area contributed by atoms with Gasteiger partial charge >= 0.3 is 0 Å². The Labute approximate surface area is 238 Å². The summed E-state index contributed by atoms with van der Waals surface area (Å²) in [6.07, 6.45) is 4.69. The van der Waals surface area contributed by atoms with Crippen LogP contribution in [0, 0.1) is 11.3 Å². The van der Waals surface area contributed by atoms with Crippen LogP contribution in [0.4, 0.5) is 10.7 Å². The number of halogens is 3. The summed E-state index contributed by atoms with van der Waals surface area (Å²) < 4.78 is 7.63. The third-order valence-electron chi connectivity index (χ3n) is 6.45. The van der Waals surface area contributed by atoms with Crippen molar-refractivity contribution in [3.63, 3.8) is 0 Å². The summed E-state index contributed by atoms with van der Waals surface area (Å²) in [7, 11) is 0. The van der Waals surface area contributed by atoms with Gasteiger partial charge in [0, 0.05) is 31.8 Å². The average Bonchev–Trinajstić information content (AvgIpc) is 3.18. The molecule has 0 aliphatic heterocycles. The quantitative estimate of drug-likeness (QED) is 0.270. The predicted molar refractivity (Wildman–Crippen MR) is 159 cm³/mol. The van der Waals surface area contributed by atoms with E-state index >= 15 is 0 Å². The Morgan fingerprint density at radius 1 is 1.25 bits per heavy atom. The fourth-order valence-corrected chi connectivity index (χ4v) is 7.23. The maximum atomic E-state index is 13.6. The SMILES string of the molecule is CCOc1c(Br)cc(Br)cc1C=Nc1sc2c(c1C(=O)Nc1ccc(Cl)cc1)CC[C@@H](C(C)(C)C)C2. The number of hydrogen-bond acceptors (Lipinski definition) is 4. The molecule has 8 heteroatoms. The first-order valence-corrected chi connectivity index (χ1v) is 14.7. The maximum Gasteiger partial charge on any atom is 0.259 e. The number of nitrogens with zero attached hydrogens (tertiary/aromatic N) is 1. The largest absolute Gasteiger partial charge is 0.492 e. The van der Waals surface area contributed by atoms with Gasteiger partial charge in [-0.05, 0) is 95.4 Å². The highest BCUT2D eigenvalue weighted by molar-refractivity contribution is 9.11. The van der Waals surface area contributed by atoms with Gasteiger partial charge in [0.1, 0.15) is 10.8 Å². The number of carbonyl (C=O) groups is 1. The second-order valence-electron chi connectivity index (χ2n) is 9.95. The first-order chi connectivity index (χ1) is 17.1. The molecule has 0 saturated carbocycles. The van der Waals surface area contributed by atoms with Crippen LogP contribution >= 0.6 is 54.8 Å². The van der Waals surface area contributed by atoms with Crippen molar-refractivity contribution in [2.24, 2.45) is 16.3 Å². The van der Waals surface area contributed by atoms with Crippen LogP contribution in [0.3, 0.4) is 0 Å². The second-order valence-corrected chi connectivity index (χ2v) is 13.2. The van der Waals surface area contributed by atoms with Crippen molar-refractivity contribution in [2.45, 2.75) is 47.0 Å². The van der Waals surface area contributed by atoms with Crippen molar-refractivity contribution in [1.29, 1.82) is 0 Å². The minimum absolute atomic E-state index is 0.142. The zero-order valence-electron chi connectivity index (χ0n) is 20.8. The summed E-state index contributed by atoms with van der Waals surface area (Å²) in [6.45, 7) is 9.38. The minimum atomic E-state index is -0.142. The molecule has 1 N–H and O–H groups in total. The Balaban J connectivity index is 1.75. The predicted octanol–water partition coefficient (Wildman–Crippen LogP) is 9.48. The molecular formula is C28H29Br2ClN2O2S. The Hall–Kier alpha value is -1.67. The zero-order valence-corrected chi connectivity index (χ0v) is 25.5. The number of rotatable bonds is 6. The Bertz CT molecular complexity index is 1300. The third kappa shape index (κ3) is 6.24. The van der Waals surface area contributed by atoms with Gasteiger partial charge in [-0.2, -0.15) is 0 Å². The summed E-state index contributed by atoms with van der Waals surface area (Å²) in [5.74, 6) is 1.15.